The van der Waals surface area contributed by atoms with Gasteiger partial charge in [-0.3, -0.25) is 4.99 Å². The number of aliphatic imine (C=N–C) groups is 1. The predicted octanol–water partition coefficient (Wildman–Crippen LogP) is 2.61. The van der Waals surface area contributed by atoms with Gasteiger partial charge in [0.15, 0.2) is 5.96 Å². The molecule has 1 heterocycles. The second-order valence-corrected chi connectivity index (χ2v) is 6.12. The van der Waals surface area contributed by atoms with Crippen LogP contribution in [0.4, 0.5) is 0 Å². The van der Waals surface area contributed by atoms with Crippen LogP contribution >= 0.6 is 35.3 Å². The van der Waals surface area contributed by atoms with E-state index in [1.54, 1.807) is 11.3 Å². The Morgan fingerprint density at radius 2 is 2.33 bits per heavy atom. The van der Waals surface area contributed by atoms with Gasteiger partial charge in [-0.15, -0.1) is 35.3 Å². The highest BCUT2D eigenvalue weighted by atomic mass is 127. The van der Waals surface area contributed by atoms with Crippen molar-refractivity contribution in [1.29, 1.82) is 0 Å². The van der Waals surface area contributed by atoms with Crippen molar-refractivity contribution in [1.82, 2.24) is 5.32 Å². The Balaban J connectivity index is 0.00000120. The molecule has 2 fully saturated rings. The summed E-state index contributed by atoms with van der Waals surface area (Å²) >= 11 is 1.78. The first-order valence-electron chi connectivity index (χ1n) is 6.42. The van der Waals surface area contributed by atoms with Crippen molar-refractivity contribution >= 4 is 41.3 Å². The van der Waals surface area contributed by atoms with Crippen molar-refractivity contribution in [2.45, 2.75) is 31.7 Å². The Bertz CT molecular complexity index is 400. The zero-order chi connectivity index (χ0) is 11.7. The summed E-state index contributed by atoms with van der Waals surface area (Å²) < 4.78 is 0. The van der Waals surface area contributed by atoms with Crippen LogP contribution in [-0.4, -0.2) is 18.5 Å². The van der Waals surface area contributed by atoms with Crippen molar-refractivity contribution in [3.05, 3.63) is 22.4 Å². The Morgan fingerprint density at radius 1 is 1.50 bits per heavy atom. The Hall–Kier alpha value is -0.300. The summed E-state index contributed by atoms with van der Waals surface area (Å²) in [6.07, 6.45) is 5.15. The lowest BCUT2D eigenvalue weighted by Gasteiger charge is -2.04. The lowest BCUT2D eigenvalue weighted by molar-refractivity contribution is 0.659. The molecule has 18 heavy (non-hydrogen) atoms. The number of nitrogens with one attached hydrogen (secondary N) is 1. The average Bonchev–Trinajstić information content (AvgIpc) is 3.19. The van der Waals surface area contributed by atoms with E-state index in [0.717, 1.165) is 24.8 Å². The van der Waals surface area contributed by atoms with E-state index in [9.17, 15) is 0 Å². The summed E-state index contributed by atoms with van der Waals surface area (Å²) in [4.78, 5) is 5.76. The summed E-state index contributed by atoms with van der Waals surface area (Å²) in [5, 5.41) is 5.44. The standard InChI is InChI=1S/C13H19N3S.HI/c14-13(15-6-5-10-2-1-7-17-10)16-12-8-11(12)9-3-4-9;/h1-2,7,9,11-12H,3-6,8H2,(H3,14,15,16);1H/t11-,12+;/m0./s1. The minimum absolute atomic E-state index is 0. The number of halogens is 1. The molecule has 0 saturated heterocycles. The van der Waals surface area contributed by atoms with Crippen molar-refractivity contribution in [2.24, 2.45) is 22.6 Å². The number of nitrogens with two attached hydrogens (primary N) is 1. The zero-order valence-electron chi connectivity index (χ0n) is 10.3. The van der Waals surface area contributed by atoms with E-state index in [-0.39, 0.29) is 24.0 Å². The van der Waals surface area contributed by atoms with E-state index in [4.69, 9.17) is 5.73 Å². The summed E-state index contributed by atoms with van der Waals surface area (Å²) in [5.74, 6) is 2.52. The van der Waals surface area contributed by atoms with E-state index in [1.165, 1.54) is 24.1 Å². The van der Waals surface area contributed by atoms with Gasteiger partial charge in [-0.25, -0.2) is 0 Å². The van der Waals surface area contributed by atoms with Gasteiger partial charge in [-0.05, 0) is 42.5 Å². The molecule has 2 aliphatic rings. The largest absolute Gasteiger partial charge is 0.370 e. The SMILES string of the molecule is I.NC(=NCCc1cccs1)N[C@@H]1C[C@H]1C1CC1. The minimum atomic E-state index is 0. The van der Waals surface area contributed by atoms with Gasteiger partial charge in [0, 0.05) is 23.9 Å². The Labute approximate surface area is 129 Å². The number of thiophene rings is 1. The van der Waals surface area contributed by atoms with Crippen molar-refractivity contribution in [2.75, 3.05) is 6.54 Å². The van der Waals surface area contributed by atoms with Gasteiger partial charge in [0.1, 0.15) is 0 Å². The molecule has 2 saturated carbocycles. The van der Waals surface area contributed by atoms with Gasteiger partial charge >= 0.3 is 0 Å². The first-order valence-corrected chi connectivity index (χ1v) is 7.30. The number of nitrogens with zero attached hydrogens (tertiary/aromatic N) is 1. The molecule has 2 atom stereocenters. The van der Waals surface area contributed by atoms with Crippen LogP contribution in [0.1, 0.15) is 24.1 Å². The van der Waals surface area contributed by atoms with Crippen molar-refractivity contribution in [3.63, 3.8) is 0 Å². The fourth-order valence-corrected chi connectivity index (χ4v) is 3.10. The van der Waals surface area contributed by atoms with Gasteiger partial charge in [-0.1, -0.05) is 6.07 Å². The third kappa shape index (κ3) is 3.85. The molecule has 1 aromatic heterocycles. The zero-order valence-corrected chi connectivity index (χ0v) is 13.5. The Morgan fingerprint density at radius 3 is 3.00 bits per heavy atom. The molecule has 5 heteroatoms. The molecule has 3 nitrogen and oxygen atoms in total. The second-order valence-electron chi connectivity index (χ2n) is 5.08. The maximum atomic E-state index is 5.88. The Kier molecular flexibility index (Phi) is 4.89. The lowest BCUT2D eigenvalue weighted by Crippen LogP contribution is -2.34. The molecule has 1 aromatic rings. The predicted molar refractivity (Wildman–Crippen MR) is 87.7 cm³/mol. The highest BCUT2D eigenvalue weighted by Gasteiger charge is 2.47. The molecule has 3 rings (SSSR count). The van der Waals surface area contributed by atoms with Crippen LogP contribution in [0.3, 0.4) is 0 Å². The van der Waals surface area contributed by atoms with Gasteiger partial charge in [-0.2, -0.15) is 0 Å². The quantitative estimate of drug-likeness (QED) is 0.471. The van der Waals surface area contributed by atoms with Crippen LogP contribution in [0, 0.1) is 11.8 Å². The summed E-state index contributed by atoms with van der Waals surface area (Å²) in [6, 6.07) is 4.84. The molecular formula is C13H20IN3S. The van der Waals surface area contributed by atoms with Crippen molar-refractivity contribution in [3.8, 4) is 0 Å². The maximum Gasteiger partial charge on any atom is 0.188 e. The molecule has 0 radical (unpaired) electrons. The molecule has 0 amide bonds. The van der Waals surface area contributed by atoms with Crippen LogP contribution in [0.15, 0.2) is 22.5 Å². The summed E-state index contributed by atoms with van der Waals surface area (Å²) in [5.41, 5.74) is 5.88. The molecular weight excluding hydrogens is 357 g/mol. The van der Waals surface area contributed by atoms with Crippen molar-refractivity contribution < 1.29 is 0 Å². The molecule has 0 unspecified atom stereocenters. The van der Waals surface area contributed by atoms with E-state index in [0.29, 0.717) is 12.0 Å². The maximum absolute atomic E-state index is 5.88. The molecule has 0 spiro atoms. The van der Waals surface area contributed by atoms with E-state index < -0.39 is 0 Å². The van der Waals surface area contributed by atoms with Gasteiger partial charge in [0.05, 0.1) is 0 Å². The van der Waals surface area contributed by atoms with Crippen LogP contribution in [-0.2, 0) is 6.42 Å². The monoisotopic (exact) mass is 377 g/mol. The van der Waals surface area contributed by atoms with Crippen LogP contribution in [0.2, 0.25) is 0 Å². The highest BCUT2D eigenvalue weighted by Crippen LogP contribution is 2.49. The third-order valence-electron chi connectivity index (χ3n) is 3.62. The van der Waals surface area contributed by atoms with Gasteiger partial charge in [0.25, 0.3) is 0 Å². The first-order chi connectivity index (χ1) is 8.33. The first kappa shape index (κ1) is 14.1. The number of rotatable bonds is 5. The minimum Gasteiger partial charge on any atom is -0.370 e. The lowest BCUT2D eigenvalue weighted by atomic mass is 10.3. The van der Waals surface area contributed by atoms with E-state index >= 15 is 0 Å². The molecule has 0 aliphatic heterocycles. The third-order valence-corrected chi connectivity index (χ3v) is 4.56. The fourth-order valence-electron chi connectivity index (χ4n) is 2.40. The summed E-state index contributed by atoms with van der Waals surface area (Å²) in [6.45, 7) is 0.792. The average molecular weight is 377 g/mol. The van der Waals surface area contributed by atoms with E-state index in [2.05, 4.69) is 27.8 Å². The summed E-state index contributed by atoms with van der Waals surface area (Å²) in [7, 11) is 0. The highest BCUT2D eigenvalue weighted by molar-refractivity contribution is 14.0. The normalized spacial score (nSPS) is 26.6. The van der Waals surface area contributed by atoms with Crippen LogP contribution in [0.25, 0.3) is 0 Å². The molecule has 0 aromatic carbocycles. The van der Waals surface area contributed by atoms with Crippen LogP contribution in [0.5, 0.6) is 0 Å². The molecule has 0 bridgehead atoms. The number of hydrogen-bond donors (Lipinski definition) is 2. The molecule has 100 valence electrons. The number of guanidine groups is 1. The van der Waals surface area contributed by atoms with Gasteiger partial charge in [0.2, 0.25) is 0 Å². The topological polar surface area (TPSA) is 50.4 Å². The molecule has 3 N–H and O–H groups in total. The van der Waals surface area contributed by atoms with Crippen LogP contribution < -0.4 is 11.1 Å². The smallest absolute Gasteiger partial charge is 0.188 e. The fraction of sp³-hybridized carbons (Fsp3) is 0.615. The number of hydrogen-bond acceptors (Lipinski definition) is 2. The second kappa shape index (κ2) is 6.23. The van der Waals surface area contributed by atoms with E-state index in [1.807, 2.05) is 0 Å². The van der Waals surface area contributed by atoms with Gasteiger partial charge < -0.3 is 11.1 Å². The molecule has 2 aliphatic carbocycles.